The van der Waals surface area contributed by atoms with E-state index in [2.05, 4.69) is 30.6 Å². The van der Waals surface area contributed by atoms with Gasteiger partial charge in [0.15, 0.2) is 5.69 Å². The van der Waals surface area contributed by atoms with Crippen molar-refractivity contribution >= 4 is 40.0 Å². The van der Waals surface area contributed by atoms with Crippen LogP contribution in [0.4, 0.5) is 38.1 Å². The molecule has 1 N–H and O–H groups in total. The predicted molar refractivity (Wildman–Crippen MR) is 121 cm³/mol. The van der Waals surface area contributed by atoms with Gasteiger partial charge in [0, 0.05) is 18.9 Å². The number of nitrogens with one attached hydrogen (secondary N) is 1. The third kappa shape index (κ3) is 5.41. The van der Waals surface area contributed by atoms with Crippen molar-refractivity contribution in [3.63, 3.8) is 0 Å². The lowest BCUT2D eigenvalue weighted by atomic mass is 10.1. The van der Waals surface area contributed by atoms with Crippen LogP contribution in [0.25, 0.3) is 11.0 Å². The van der Waals surface area contributed by atoms with Crippen molar-refractivity contribution in [1.29, 1.82) is 0 Å². The number of hydrogen-bond donors (Lipinski definition) is 1. The zero-order valence-corrected chi connectivity index (χ0v) is 19.7. The molecule has 2 amide bonds. The number of anilines is 2. The molecule has 4 aromatic heterocycles. The monoisotopic (exact) mass is 542 g/mol. The average molecular weight is 543 g/mol. The molecular weight excluding hydrogens is 527 g/mol. The number of aromatic nitrogens is 6. The topological polar surface area (TPSA) is 111 Å². The van der Waals surface area contributed by atoms with E-state index in [0.29, 0.717) is 22.7 Å². The Balaban J connectivity index is 1.92. The van der Waals surface area contributed by atoms with Crippen LogP contribution in [0.3, 0.4) is 0 Å². The molecule has 16 heteroatoms. The van der Waals surface area contributed by atoms with E-state index >= 15 is 0 Å². The van der Waals surface area contributed by atoms with E-state index in [0.717, 1.165) is 17.3 Å². The summed E-state index contributed by atoms with van der Waals surface area (Å²) in [7, 11) is 1.38. The molecule has 4 rings (SSSR count). The minimum absolute atomic E-state index is 0.0449. The highest BCUT2D eigenvalue weighted by atomic mass is 35.5. The van der Waals surface area contributed by atoms with Gasteiger partial charge in [0.1, 0.15) is 5.15 Å². The Kier molecular flexibility index (Phi) is 7.18. The summed E-state index contributed by atoms with van der Waals surface area (Å²) in [6.07, 6.45) is -4.96. The molecule has 0 radical (unpaired) electrons. The zero-order valence-electron chi connectivity index (χ0n) is 18.9. The van der Waals surface area contributed by atoms with E-state index in [1.807, 2.05) is 0 Å². The minimum atomic E-state index is -4.78. The van der Waals surface area contributed by atoms with Gasteiger partial charge in [-0.25, -0.2) is 24.0 Å². The molecule has 0 aliphatic heterocycles. The number of rotatable bonds is 6. The van der Waals surface area contributed by atoms with Gasteiger partial charge in [-0.1, -0.05) is 16.5 Å². The molecule has 0 unspecified atom stereocenters. The van der Waals surface area contributed by atoms with Crippen molar-refractivity contribution in [2.75, 3.05) is 17.4 Å². The van der Waals surface area contributed by atoms with Crippen LogP contribution in [0.5, 0.6) is 0 Å². The SMILES string of the molecule is CO[C@@H](C)c1c(N(C(=O)Nn2ncc(C(F)F)n2)c2cncc(C(F)(F)F)c2)cnc2ccc(Cl)nc12. The predicted octanol–water partition coefficient (Wildman–Crippen LogP) is 5.44. The number of methoxy groups -OCH3 is 1. The lowest BCUT2D eigenvalue weighted by molar-refractivity contribution is -0.137. The summed E-state index contributed by atoms with van der Waals surface area (Å²) in [6.45, 7) is 1.62. The molecule has 0 fully saturated rings. The van der Waals surface area contributed by atoms with Crippen LogP contribution in [-0.2, 0) is 10.9 Å². The van der Waals surface area contributed by atoms with E-state index < -0.39 is 36.0 Å². The highest BCUT2D eigenvalue weighted by Crippen LogP contribution is 2.39. The summed E-state index contributed by atoms with van der Waals surface area (Å²) < 4.78 is 71.7. The molecule has 0 bridgehead atoms. The van der Waals surface area contributed by atoms with Crippen molar-refractivity contribution in [2.45, 2.75) is 25.6 Å². The summed E-state index contributed by atoms with van der Waals surface area (Å²) >= 11 is 6.07. The molecule has 0 aromatic carbocycles. The maximum Gasteiger partial charge on any atom is 0.417 e. The zero-order chi connectivity index (χ0) is 26.9. The molecule has 0 aliphatic carbocycles. The standard InChI is InChI=1S/C21H16ClF5N8O2/c1-10(37-2)17-15(9-29-13-3-4-16(22)31-18(13)17)34(12-5-11(6-28-7-12)21(25,26)27)20(36)33-35-30-8-14(32-35)19(23)24/h3-10,19H,1-2H3,(H,33,36)/t10-/m0/s1. The van der Waals surface area contributed by atoms with E-state index in [4.69, 9.17) is 16.3 Å². The summed E-state index contributed by atoms with van der Waals surface area (Å²) in [4.78, 5) is 26.8. The van der Waals surface area contributed by atoms with Crippen LogP contribution in [0.1, 0.15) is 36.3 Å². The number of carbonyl (C=O) groups excluding carboxylic acids is 1. The molecule has 4 heterocycles. The fourth-order valence-electron chi connectivity index (χ4n) is 3.38. The number of alkyl halides is 5. The molecule has 0 spiro atoms. The lowest BCUT2D eigenvalue weighted by Gasteiger charge is -2.27. The van der Waals surface area contributed by atoms with Crippen molar-refractivity contribution in [3.05, 3.63) is 65.0 Å². The third-order valence-corrected chi connectivity index (χ3v) is 5.35. The second kappa shape index (κ2) is 10.2. The van der Waals surface area contributed by atoms with Crippen molar-refractivity contribution in [2.24, 2.45) is 0 Å². The molecular formula is C21H16ClF5N8O2. The average Bonchev–Trinajstić information content (AvgIpc) is 3.32. The highest BCUT2D eigenvalue weighted by Gasteiger charge is 2.33. The van der Waals surface area contributed by atoms with Gasteiger partial charge in [0.2, 0.25) is 0 Å². The first-order chi connectivity index (χ1) is 17.5. The van der Waals surface area contributed by atoms with Crippen molar-refractivity contribution in [1.82, 2.24) is 30.1 Å². The molecule has 37 heavy (non-hydrogen) atoms. The molecule has 1 atom stereocenters. The van der Waals surface area contributed by atoms with Gasteiger partial charge in [0.25, 0.3) is 6.43 Å². The van der Waals surface area contributed by atoms with Gasteiger partial charge < -0.3 is 4.74 Å². The lowest BCUT2D eigenvalue weighted by Crippen LogP contribution is -2.37. The third-order valence-electron chi connectivity index (χ3n) is 5.14. The largest absolute Gasteiger partial charge is 0.417 e. The minimum Gasteiger partial charge on any atom is -0.377 e. The van der Waals surface area contributed by atoms with Crippen LogP contribution >= 0.6 is 11.6 Å². The Bertz CT molecular complexity index is 1450. The molecule has 10 nitrogen and oxygen atoms in total. The number of hydrogen-bond acceptors (Lipinski definition) is 7. The smallest absolute Gasteiger partial charge is 0.377 e. The second-order valence-electron chi connectivity index (χ2n) is 7.48. The van der Waals surface area contributed by atoms with Crippen LogP contribution in [0, 0.1) is 0 Å². The first kappa shape index (κ1) is 26.1. The van der Waals surface area contributed by atoms with Crippen LogP contribution < -0.4 is 10.3 Å². The molecule has 0 aliphatic rings. The Morgan fingerprint density at radius 1 is 1.19 bits per heavy atom. The number of halogens is 6. The van der Waals surface area contributed by atoms with Crippen molar-refractivity contribution in [3.8, 4) is 0 Å². The number of fused-ring (bicyclic) bond motifs is 1. The Labute approximate surface area is 210 Å². The second-order valence-corrected chi connectivity index (χ2v) is 7.87. The van der Waals surface area contributed by atoms with Crippen LogP contribution in [0.15, 0.2) is 43.0 Å². The molecule has 0 saturated carbocycles. The summed E-state index contributed by atoms with van der Waals surface area (Å²) in [5.74, 6) is 0. The van der Waals surface area contributed by atoms with Gasteiger partial charge in [-0.15, -0.1) is 10.2 Å². The number of pyridine rings is 3. The fraction of sp³-hybridized carbons (Fsp3) is 0.238. The Hall–Kier alpha value is -3.98. The van der Waals surface area contributed by atoms with Gasteiger partial charge in [-0.3, -0.25) is 14.9 Å². The maximum absolute atomic E-state index is 13.5. The Morgan fingerprint density at radius 2 is 1.95 bits per heavy atom. The van der Waals surface area contributed by atoms with Crippen LogP contribution in [-0.4, -0.2) is 43.2 Å². The number of urea groups is 1. The quantitative estimate of drug-likeness (QED) is 0.255. The maximum atomic E-state index is 13.5. The van der Waals surface area contributed by atoms with Gasteiger partial charge in [0.05, 0.1) is 52.7 Å². The fourth-order valence-corrected chi connectivity index (χ4v) is 3.53. The van der Waals surface area contributed by atoms with Gasteiger partial charge in [-0.05, 0) is 25.1 Å². The summed E-state index contributed by atoms with van der Waals surface area (Å²) in [5, 5.41) is 7.07. The normalized spacial score (nSPS) is 12.7. The number of nitrogens with zero attached hydrogens (tertiary/aromatic N) is 7. The van der Waals surface area contributed by atoms with Crippen molar-refractivity contribution < 1.29 is 31.5 Å². The summed E-state index contributed by atoms with van der Waals surface area (Å²) in [6, 6.07) is 2.62. The van der Waals surface area contributed by atoms with Gasteiger partial charge >= 0.3 is 12.2 Å². The molecule has 4 aromatic rings. The van der Waals surface area contributed by atoms with Gasteiger partial charge in [-0.2, -0.15) is 13.2 Å². The van der Waals surface area contributed by atoms with Crippen LogP contribution in [0.2, 0.25) is 5.15 Å². The number of amides is 2. The first-order valence-electron chi connectivity index (χ1n) is 10.3. The summed E-state index contributed by atoms with van der Waals surface area (Å²) in [5.41, 5.74) is 0.728. The number of ether oxygens (including phenoxy) is 1. The first-order valence-corrected chi connectivity index (χ1v) is 10.7. The highest BCUT2D eigenvalue weighted by molar-refractivity contribution is 6.29. The van der Waals surface area contributed by atoms with E-state index in [9.17, 15) is 26.7 Å². The molecule has 194 valence electrons. The van der Waals surface area contributed by atoms with E-state index in [1.165, 1.54) is 19.4 Å². The molecule has 0 saturated heterocycles. The Morgan fingerprint density at radius 3 is 2.59 bits per heavy atom. The van der Waals surface area contributed by atoms with E-state index in [1.54, 1.807) is 13.0 Å². The van der Waals surface area contributed by atoms with E-state index in [-0.39, 0.29) is 27.6 Å². The number of carbonyl (C=O) groups is 1.